The third kappa shape index (κ3) is 6.84. The van der Waals surface area contributed by atoms with Gasteiger partial charge in [-0.2, -0.15) is 13.2 Å². The molecule has 2 N–H and O–H groups in total. The van der Waals surface area contributed by atoms with Gasteiger partial charge in [0.05, 0.1) is 5.56 Å². The van der Waals surface area contributed by atoms with Crippen LogP contribution in [-0.2, 0) is 17.4 Å². The second-order valence-corrected chi connectivity index (χ2v) is 9.36. The summed E-state index contributed by atoms with van der Waals surface area (Å²) in [6, 6.07) is 25.4. The molecule has 5 nitrogen and oxygen atoms in total. The lowest BCUT2D eigenvalue weighted by Gasteiger charge is -2.16. The van der Waals surface area contributed by atoms with E-state index in [1.165, 1.54) is 24.3 Å². The largest absolute Gasteiger partial charge is 0.480 e. The number of carboxylic acids is 1. The van der Waals surface area contributed by atoms with E-state index in [1.54, 1.807) is 12.1 Å². The van der Waals surface area contributed by atoms with Gasteiger partial charge in [0.1, 0.15) is 6.04 Å². The molecule has 0 radical (unpaired) electrons. The average molecular weight is 533 g/mol. The van der Waals surface area contributed by atoms with Crippen molar-refractivity contribution in [3.05, 3.63) is 114 Å². The molecule has 1 amide bonds. The summed E-state index contributed by atoms with van der Waals surface area (Å²) in [6.07, 6.45) is -4.31. The number of carbonyl (C=O) groups is 2. The molecule has 1 atom stereocenters. The van der Waals surface area contributed by atoms with E-state index in [9.17, 15) is 27.9 Å². The monoisotopic (exact) mass is 532 g/mol. The minimum atomic E-state index is -4.42. The molecule has 39 heavy (non-hydrogen) atoms. The van der Waals surface area contributed by atoms with E-state index in [-0.39, 0.29) is 12.0 Å². The SMILES string of the molecule is CN(C)c1ccc(-c2ccc(CC(NC(=O)c3ccc(-c4ccc(C(F)(F)F)cc4)cc3)C(=O)O)cc2)cc1. The Balaban J connectivity index is 1.40. The molecule has 0 spiro atoms. The van der Waals surface area contributed by atoms with E-state index in [4.69, 9.17) is 0 Å². The smallest absolute Gasteiger partial charge is 0.416 e. The Bertz CT molecular complexity index is 1430. The van der Waals surface area contributed by atoms with Crippen molar-refractivity contribution in [1.82, 2.24) is 5.32 Å². The third-order valence-electron chi connectivity index (χ3n) is 6.41. The zero-order valence-corrected chi connectivity index (χ0v) is 21.4. The van der Waals surface area contributed by atoms with Gasteiger partial charge in [-0.05, 0) is 64.2 Å². The molecule has 0 aliphatic heterocycles. The van der Waals surface area contributed by atoms with E-state index < -0.39 is 29.7 Å². The van der Waals surface area contributed by atoms with E-state index in [2.05, 4.69) is 5.32 Å². The van der Waals surface area contributed by atoms with Crippen molar-refractivity contribution < 1.29 is 27.9 Å². The fourth-order valence-electron chi connectivity index (χ4n) is 4.13. The van der Waals surface area contributed by atoms with Gasteiger partial charge in [-0.15, -0.1) is 0 Å². The van der Waals surface area contributed by atoms with Gasteiger partial charge in [0.25, 0.3) is 5.91 Å². The number of carbonyl (C=O) groups excluding carboxylic acids is 1. The first-order valence-corrected chi connectivity index (χ1v) is 12.2. The van der Waals surface area contributed by atoms with Crippen LogP contribution >= 0.6 is 0 Å². The molecule has 4 aromatic rings. The zero-order valence-electron chi connectivity index (χ0n) is 21.4. The third-order valence-corrected chi connectivity index (χ3v) is 6.41. The van der Waals surface area contributed by atoms with Crippen molar-refractivity contribution in [3.63, 3.8) is 0 Å². The van der Waals surface area contributed by atoms with Gasteiger partial charge in [-0.3, -0.25) is 4.79 Å². The van der Waals surface area contributed by atoms with E-state index in [0.29, 0.717) is 11.1 Å². The van der Waals surface area contributed by atoms with Crippen LogP contribution in [0.4, 0.5) is 18.9 Å². The molecule has 0 aromatic heterocycles. The van der Waals surface area contributed by atoms with Gasteiger partial charge in [-0.25, -0.2) is 4.79 Å². The summed E-state index contributed by atoms with van der Waals surface area (Å²) in [4.78, 5) is 26.7. The van der Waals surface area contributed by atoms with Crippen LogP contribution in [0.1, 0.15) is 21.5 Å². The minimum Gasteiger partial charge on any atom is -0.480 e. The first-order chi connectivity index (χ1) is 18.5. The maximum atomic E-state index is 12.8. The lowest BCUT2D eigenvalue weighted by molar-refractivity contribution is -0.139. The van der Waals surface area contributed by atoms with Crippen molar-refractivity contribution in [1.29, 1.82) is 0 Å². The molecule has 4 aromatic carbocycles. The van der Waals surface area contributed by atoms with Crippen LogP contribution in [0.15, 0.2) is 97.1 Å². The highest BCUT2D eigenvalue weighted by molar-refractivity contribution is 5.97. The number of anilines is 1. The van der Waals surface area contributed by atoms with Gasteiger partial charge in [-0.1, -0.05) is 60.7 Å². The molecule has 0 bridgehead atoms. The molecule has 4 rings (SSSR count). The molecular formula is C31H27F3N2O3. The first-order valence-electron chi connectivity index (χ1n) is 12.2. The number of hydrogen-bond acceptors (Lipinski definition) is 3. The van der Waals surface area contributed by atoms with Crippen molar-refractivity contribution >= 4 is 17.6 Å². The van der Waals surface area contributed by atoms with Crippen LogP contribution in [0.5, 0.6) is 0 Å². The van der Waals surface area contributed by atoms with E-state index >= 15 is 0 Å². The van der Waals surface area contributed by atoms with Crippen LogP contribution in [0, 0.1) is 0 Å². The molecule has 0 aliphatic rings. The van der Waals surface area contributed by atoms with Crippen molar-refractivity contribution in [2.45, 2.75) is 18.6 Å². The molecule has 0 saturated heterocycles. The topological polar surface area (TPSA) is 69.6 Å². The molecule has 0 aliphatic carbocycles. The Morgan fingerprint density at radius 1 is 0.744 bits per heavy atom. The Morgan fingerprint density at radius 3 is 1.62 bits per heavy atom. The Labute approximate surface area is 224 Å². The summed E-state index contributed by atoms with van der Waals surface area (Å²) in [5, 5.41) is 12.3. The quantitative estimate of drug-likeness (QED) is 0.271. The lowest BCUT2D eigenvalue weighted by Crippen LogP contribution is -2.42. The van der Waals surface area contributed by atoms with Crippen molar-refractivity contribution in [2.24, 2.45) is 0 Å². The van der Waals surface area contributed by atoms with Gasteiger partial charge < -0.3 is 15.3 Å². The van der Waals surface area contributed by atoms with E-state index in [0.717, 1.165) is 34.5 Å². The molecule has 0 heterocycles. The number of nitrogens with one attached hydrogen (secondary N) is 1. The molecule has 200 valence electrons. The molecule has 0 saturated carbocycles. The maximum absolute atomic E-state index is 12.8. The van der Waals surface area contributed by atoms with Crippen LogP contribution in [-0.4, -0.2) is 37.1 Å². The van der Waals surface area contributed by atoms with Gasteiger partial charge in [0.2, 0.25) is 0 Å². The summed E-state index contributed by atoms with van der Waals surface area (Å²) in [5.41, 5.74) is 4.58. The lowest BCUT2D eigenvalue weighted by atomic mass is 10.00. The summed E-state index contributed by atoms with van der Waals surface area (Å²) >= 11 is 0. The number of amides is 1. The van der Waals surface area contributed by atoms with Crippen LogP contribution in [0.3, 0.4) is 0 Å². The highest BCUT2D eigenvalue weighted by Crippen LogP contribution is 2.31. The van der Waals surface area contributed by atoms with Gasteiger partial charge >= 0.3 is 12.1 Å². The van der Waals surface area contributed by atoms with Crippen LogP contribution in [0.25, 0.3) is 22.3 Å². The number of rotatable bonds is 8. The van der Waals surface area contributed by atoms with E-state index in [1.807, 2.05) is 67.5 Å². The predicted octanol–water partition coefficient (Wildman–Crippen LogP) is 6.53. The number of carboxylic acid groups (broad SMARTS) is 1. The number of benzene rings is 4. The number of aliphatic carboxylic acids is 1. The normalized spacial score (nSPS) is 12.0. The number of hydrogen-bond donors (Lipinski definition) is 2. The van der Waals surface area contributed by atoms with Crippen LogP contribution < -0.4 is 10.2 Å². The summed E-state index contributed by atoms with van der Waals surface area (Å²) in [6.45, 7) is 0. The second kappa shape index (κ2) is 11.4. The number of nitrogens with zero attached hydrogens (tertiary/aromatic N) is 1. The number of halogens is 3. The second-order valence-electron chi connectivity index (χ2n) is 9.36. The Hall–Kier alpha value is -4.59. The highest BCUT2D eigenvalue weighted by atomic mass is 19.4. The fraction of sp³-hybridized carbons (Fsp3) is 0.161. The predicted molar refractivity (Wildman–Crippen MR) is 146 cm³/mol. The Morgan fingerprint density at radius 2 is 1.18 bits per heavy atom. The molecule has 8 heteroatoms. The first kappa shape index (κ1) is 27.4. The highest BCUT2D eigenvalue weighted by Gasteiger charge is 2.30. The van der Waals surface area contributed by atoms with Crippen molar-refractivity contribution in [2.75, 3.05) is 19.0 Å². The zero-order chi connectivity index (χ0) is 28.2. The fourth-order valence-corrected chi connectivity index (χ4v) is 4.13. The standard InChI is InChI=1S/C31H27F3N2O3/c1-36(2)27-17-13-24(14-18-27)21-5-3-20(4-6-21)19-28(30(38)39)35-29(37)25-9-7-22(8-10-25)23-11-15-26(16-12-23)31(32,33)34/h3-18,28H,19H2,1-2H3,(H,35,37)(H,38,39). The Kier molecular flexibility index (Phi) is 8.04. The molecule has 0 fully saturated rings. The average Bonchev–Trinajstić information content (AvgIpc) is 2.92. The summed E-state index contributed by atoms with van der Waals surface area (Å²) < 4.78 is 38.4. The van der Waals surface area contributed by atoms with Gasteiger partial charge in [0.15, 0.2) is 0 Å². The van der Waals surface area contributed by atoms with Gasteiger partial charge in [0, 0.05) is 31.8 Å². The van der Waals surface area contributed by atoms with Crippen molar-refractivity contribution in [3.8, 4) is 22.3 Å². The molecule has 1 unspecified atom stereocenters. The summed E-state index contributed by atoms with van der Waals surface area (Å²) in [7, 11) is 3.94. The minimum absolute atomic E-state index is 0.102. The maximum Gasteiger partial charge on any atom is 0.416 e. The molecular weight excluding hydrogens is 505 g/mol. The van der Waals surface area contributed by atoms with Crippen LogP contribution in [0.2, 0.25) is 0 Å². The number of alkyl halides is 3. The summed E-state index contributed by atoms with van der Waals surface area (Å²) in [5.74, 6) is -1.72.